The molecule has 1 fully saturated rings. The highest BCUT2D eigenvalue weighted by Gasteiger charge is 2.29. The quantitative estimate of drug-likeness (QED) is 0.805. The van der Waals surface area contributed by atoms with Gasteiger partial charge in [-0.25, -0.2) is 0 Å². The van der Waals surface area contributed by atoms with Crippen LogP contribution in [-0.4, -0.2) is 39.3 Å². The van der Waals surface area contributed by atoms with Gasteiger partial charge in [0.1, 0.15) is 5.01 Å². The van der Waals surface area contributed by atoms with Gasteiger partial charge < -0.3 is 4.90 Å². The van der Waals surface area contributed by atoms with Gasteiger partial charge in [-0.15, -0.1) is 10.2 Å². The molecule has 106 valence electrons. The maximum atomic E-state index is 12.5. The number of likely N-dealkylation sites (tertiary alicyclic amines) is 1. The molecule has 0 bridgehead atoms. The van der Waals surface area contributed by atoms with Crippen molar-refractivity contribution in [1.82, 2.24) is 15.1 Å². The van der Waals surface area contributed by atoms with Crippen LogP contribution >= 0.6 is 23.1 Å². The summed E-state index contributed by atoms with van der Waals surface area (Å²) in [5.41, 5.74) is 0. The molecule has 0 saturated carbocycles. The first-order valence-electron chi connectivity index (χ1n) is 6.71. The van der Waals surface area contributed by atoms with Crippen LogP contribution in [0.1, 0.15) is 32.2 Å². The summed E-state index contributed by atoms with van der Waals surface area (Å²) in [4.78, 5) is 14.5. The molecule has 3 atom stereocenters. The highest BCUT2D eigenvalue weighted by atomic mass is 32.2. The minimum Gasteiger partial charge on any atom is -0.341 e. The summed E-state index contributed by atoms with van der Waals surface area (Å²) in [6.07, 6.45) is 1.22. The molecule has 1 aromatic rings. The predicted molar refractivity (Wildman–Crippen MR) is 79.5 cm³/mol. The number of amides is 1. The van der Waals surface area contributed by atoms with Crippen molar-refractivity contribution >= 4 is 29.0 Å². The van der Waals surface area contributed by atoms with E-state index in [1.807, 2.05) is 18.7 Å². The monoisotopic (exact) mass is 299 g/mol. The molecule has 6 heteroatoms. The number of hydrogen-bond donors (Lipinski definition) is 0. The van der Waals surface area contributed by atoms with E-state index in [-0.39, 0.29) is 11.2 Å². The Hall–Kier alpha value is -0.620. The first kappa shape index (κ1) is 14.8. The molecule has 4 nitrogen and oxygen atoms in total. The van der Waals surface area contributed by atoms with Gasteiger partial charge in [0.2, 0.25) is 5.91 Å². The summed E-state index contributed by atoms with van der Waals surface area (Å²) in [5.74, 6) is 1.44. The van der Waals surface area contributed by atoms with Gasteiger partial charge in [-0.3, -0.25) is 4.79 Å². The van der Waals surface area contributed by atoms with Crippen LogP contribution in [0.4, 0.5) is 0 Å². The third-order valence-corrected chi connectivity index (χ3v) is 5.32. The zero-order valence-corrected chi connectivity index (χ0v) is 13.6. The van der Waals surface area contributed by atoms with Crippen LogP contribution in [0.25, 0.3) is 0 Å². The van der Waals surface area contributed by atoms with Gasteiger partial charge in [-0.1, -0.05) is 36.9 Å². The lowest BCUT2D eigenvalue weighted by atomic mass is 9.92. The molecule has 2 rings (SSSR count). The average Bonchev–Trinajstić information content (AvgIpc) is 2.72. The second-order valence-corrected chi connectivity index (χ2v) is 8.31. The van der Waals surface area contributed by atoms with E-state index in [0.717, 1.165) is 22.4 Å². The fraction of sp³-hybridized carbons (Fsp3) is 0.769. The number of hydrogen-bond acceptors (Lipinski definition) is 5. The Labute approximate surface area is 123 Å². The van der Waals surface area contributed by atoms with Crippen LogP contribution in [0.5, 0.6) is 0 Å². The number of carbonyl (C=O) groups is 1. The molecule has 1 amide bonds. The molecule has 3 unspecified atom stereocenters. The number of thioether (sulfide) groups is 1. The van der Waals surface area contributed by atoms with Gasteiger partial charge in [-0.05, 0) is 32.1 Å². The Balaban J connectivity index is 1.94. The first-order chi connectivity index (χ1) is 8.95. The molecule has 0 aromatic carbocycles. The summed E-state index contributed by atoms with van der Waals surface area (Å²) in [6.45, 7) is 10.1. The number of piperidine rings is 1. The fourth-order valence-corrected chi connectivity index (χ4v) is 4.67. The molecule has 19 heavy (non-hydrogen) atoms. The third kappa shape index (κ3) is 3.92. The zero-order chi connectivity index (χ0) is 14.0. The van der Waals surface area contributed by atoms with Crippen molar-refractivity contribution in [2.45, 2.75) is 43.7 Å². The molecule has 1 aromatic heterocycles. The average molecular weight is 299 g/mol. The summed E-state index contributed by atoms with van der Waals surface area (Å²) in [6, 6.07) is 0. The minimum atomic E-state index is -0.0788. The van der Waals surface area contributed by atoms with Gasteiger partial charge in [0.25, 0.3) is 0 Å². The molecule has 1 aliphatic heterocycles. The van der Waals surface area contributed by atoms with Crippen molar-refractivity contribution in [2.75, 3.05) is 13.1 Å². The molecular weight excluding hydrogens is 278 g/mol. The minimum absolute atomic E-state index is 0.0788. The lowest BCUT2D eigenvalue weighted by molar-refractivity contribution is -0.132. The largest absolute Gasteiger partial charge is 0.341 e. The number of nitrogens with zero attached hydrogens (tertiary/aromatic N) is 3. The Bertz CT molecular complexity index is 439. The summed E-state index contributed by atoms with van der Waals surface area (Å²) in [7, 11) is 0. The number of rotatable bonds is 3. The standard InChI is InChI=1S/C13H21N3OS2/c1-8-5-9(2)7-16(6-8)12(17)10(3)18-13-15-14-11(4)19-13/h8-10H,5-7H2,1-4H3. The highest BCUT2D eigenvalue weighted by molar-refractivity contribution is 8.02. The van der Waals surface area contributed by atoms with E-state index in [1.165, 1.54) is 18.2 Å². The number of aromatic nitrogens is 2. The van der Waals surface area contributed by atoms with Crippen molar-refractivity contribution in [3.05, 3.63) is 5.01 Å². The summed E-state index contributed by atoms with van der Waals surface area (Å²) < 4.78 is 0.886. The van der Waals surface area contributed by atoms with E-state index in [0.29, 0.717) is 11.8 Å². The predicted octanol–water partition coefficient (Wildman–Crippen LogP) is 2.83. The lowest BCUT2D eigenvalue weighted by Crippen LogP contribution is -2.45. The van der Waals surface area contributed by atoms with Gasteiger partial charge in [0.15, 0.2) is 4.34 Å². The summed E-state index contributed by atoms with van der Waals surface area (Å²) in [5, 5.41) is 8.93. The van der Waals surface area contributed by atoms with E-state index < -0.39 is 0 Å². The van der Waals surface area contributed by atoms with E-state index >= 15 is 0 Å². The van der Waals surface area contributed by atoms with Gasteiger partial charge >= 0.3 is 0 Å². The molecule has 0 aliphatic carbocycles. The SMILES string of the molecule is Cc1nnc(SC(C)C(=O)N2CC(C)CC(C)C2)s1. The summed E-state index contributed by atoms with van der Waals surface area (Å²) >= 11 is 3.07. The van der Waals surface area contributed by atoms with Crippen molar-refractivity contribution in [1.29, 1.82) is 0 Å². The molecule has 1 aliphatic rings. The van der Waals surface area contributed by atoms with Crippen LogP contribution in [0.3, 0.4) is 0 Å². The van der Waals surface area contributed by atoms with Crippen molar-refractivity contribution in [3.8, 4) is 0 Å². The Morgan fingerprint density at radius 3 is 2.53 bits per heavy atom. The van der Waals surface area contributed by atoms with Gasteiger partial charge in [0.05, 0.1) is 5.25 Å². The lowest BCUT2D eigenvalue weighted by Gasteiger charge is -2.36. The molecule has 2 heterocycles. The van der Waals surface area contributed by atoms with Gasteiger partial charge in [0, 0.05) is 13.1 Å². The highest BCUT2D eigenvalue weighted by Crippen LogP contribution is 2.29. The molecule has 0 radical (unpaired) electrons. The number of carbonyl (C=O) groups excluding carboxylic acids is 1. The van der Waals surface area contributed by atoms with E-state index in [4.69, 9.17) is 0 Å². The Morgan fingerprint density at radius 1 is 1.37 bits per heavy atom. The van der Waals surface area contributed by atoms with E-state index in [2.05, 4.69) is 24.0 Å². The fourth-order valence-electron chi connectivity index (χ4n) is 2.63. The smallest absolute Gasteiger partial charge is 0.235 e. The Kier molecular flexibility index (Phi) is 4.84. The maximum Gasteiger partial charge on any atom is 0.235 e. The molecular formula is C13H21N3OS2. The number of aryl methyl sites for hydroxylation is 1. The topological polar surface area (TPSA) is 46.1 Å². The van der Waals surface area contributed by atoms with Crippen LogP contribution in [-0.2, 0) is 4.79 Å². The van der Waals surface area contributed by atoms with Crippen LogP contribution in [0.15, 0.2) is 4.34 Å². The van der Waals surface area contributed by atoms with Crippen LogP contribution in [0.2, 0.25) is 0 Å². The molecule has 1 saturated heterocycles. The second-order valence-electron chi connectivity index (χ2n) is 5.54. The maximum absolute atomic E-state index is 12.5. The van der Waals surface area contributed by atoms with Crippen LogP contribution < -0.4 is 0 Å². The van der Waals surface area contributed by atoms with E-state index in [9.17, 15) is 4.79 Å². The van der Waals surface area contributed by atoms with Crippen LogP contribution in [0, 0.1) is 18.8 Å². The van der Waals surface area contributed by atoms with Crippen molar-refractivity contribution < 1.29 is 4.79 Å². The molecule has 0 N–H and O–H groups in total. The molecule has 0 spiro atoms. The van der Waals surface area contributed by atoms with E-state index in [1.54, 1.807) is 11.3 Å². The van der Waals surface area contributed by atoms with Crippen molar-refractivity contribution in [2.24, 2.45) is 11.8 Å². The normalized spacial score (nSPS) is 25.4. The second kappa shape index (κ2) is 6.22. The first-order valence-corrected chi connectivity index (χ1v) is 8.41. The van der Waals surface area contributed by atoms with Crippen molar-refractivity contribution in [3.63, 3.8) is 0 Å². The van der Waals surface area contributed by atoms with Gasteiger partial charge in [-0.2, -0.15) is 0 Å². The zero-order valence-electron chi connectivity index (χ0n) is 11.9. The third-order valence-electron chi connectivity index (χ3n) is 3.31. The Morgan fingerprint density at radius 2 is 2.00 bits per heavy atom.